The first-order chi connectivity index (χ1) is 5.79. The Morgan fingerprint density at radius 1 is 0.923 bits per heavy atom. The van der Waals surface area contributed by atoms with Crippen LogP contribution in [0.25, 0.3) is 0 Å². The van der Waals surface area contributed by atoms with E-state index in [9.17, 15) is 0 Å². The van der Waals surface area contributed by atoms with Crippen LogP contribution in [0.5, 0.6) is 0 Å². The SMILES string of the molecule is CC#N.CC(C)=C(C)C.CC(C)=N. The molecule has 2 heteroatoms. The van der Waals surface area contributed by atoms with Gasteiger partial charge in [0.1, 0.15) is 0 Å². The number of allylic oxidation sites excluding steroid dienone is 2. The van der Waals surface area contributed by atoms with Crippen LogP contribution < -0.4 is 0 Å². The number of nitrogens with one attached hydrogen (secondary N) is 1. The van der Waals surface area contributed by atoms with Crippen molar-refractivity contribution in [2.24, 2.45) is 0 Å². The van der Waals surface area contributed by atoms with Crippen molar-refractivity contribution in [2.75, 3.05) is 0 Å². The fourth-order valence-corrected chi connectivity index (χ4v) is 0. The Kier molecular flexibility index (Phi) is 18.5. The molecule has 0 unspecified atom stereocenters. The van der Waals surface area contributed by atoms with Crippen LogP contribution in [-0.4, -0.2) is 5.71 Å². The lowest BCUT2D eigenvalue weighted by atomic mass is 10.2. The van der Waals surface area contributed by atoms with Crippen molar-refractivity contribution in [3.8, 4) is 6.07 Å². The van der Waals surface area contributed by atoms with Crippen LogP contribution in [0.1, 0.15) is 48.5 Å². The number of hydrogen-bond acceptors (Lipinski definition) is 2. The van der Waals surface area contributed by atoms with Gasteiger partial charge in [-0.05, 0) is 41.5 Å². The molecule has 0 aliphatic heterocycles. The molecular weight excluding hydrogens is 160 g/mol. The molecule has 2 nitrogen and oxygen atoms in total. The Bertz CT molecular complexity index is 173. The first-order valence-corrected chi connectivity index (χ1v) is 4.22. The Hall–Kier alpha value is -1.10. The molecule has 0 amide bonds. The van der Waals surface area contributed by atoms with Crippen molar-refractivity contribution in [3.05, 3.63) is 11.1 Å². The lowest BCUT2D eigenvalue weighted by Crippen LogP contribution is -1.67. The van der Waals surface area contributed by atoms with Gasteiger partial charge in [0.25, 0.3) is 0 Å². The molecule has 0 aliphatic rings. The minimum atomic E-state index is 0.667. The third-order valence-corrected chi connectivity index (χ3v) is 1.00. The van der Waals surface area contributed by atoms with Crippen molar-refractivity contribution in [1.82, 2.24) is 0 Å². The van der Waals surface area contributed by atoms with Gasteiger partial charge in [-0.2, -0.15) is 5.26 Å². The maximum Gasteiger partial charge on any atom is 0.0587 e. The normalized spacial score (nSPS) is 6.31. The van der Waals surface area contributed by atoms with E-state index in [1.807, 2.05) is 0 Å². The second kappa shape index (κ2) is 13.5. The van der Waals surface area contributed by atoms with E-state index < -0.39 is 0 Å². The highest BCUT2D eigenvalue weighted by molar-refractivity contribution is 5.75. The monoisotopic (exact) mass is 182 g/mol. The Balaban J connectivity index is -0.000000125. The number of nitriles is 1. The molecule has 0 aromatic carbocycles. The van der Waals surface area contributed by atoms with Crippen LogP contribution >= 0.6 is 0 Å². The fourth-order valence-electron chi connectivity index (χ4n) is 0. The summed E-state index contributed by atoms with van der Waals surface area (Å²) in [6.45, 7) is 13.4. The lowest BCUT2D eigenvalue weighted by Gasteiger charge is -1.88. The van der Waals surface area contributed by atoms with Crippen LogP contribution in [0.4, 0.5) is 0 Å². The zero-order valence-corrected chi connectivity index (χ0v) is 9.95. The van der Waals surface area contributed by atoms with Gasteiger partial charge in [0.15, 0.2) is 0 Å². The minimum Gasteiger partial charge on any atom is -0.310 e. The molecule has 0 spiro atoms. The molecule has 1 N–H and O–H groups in total. The highest BCUT2D eigenvalue weighted by Crippen LogP contribution is 1.96. The van der Waals surface area contributed by atoms with E-state index in [1.54, 1.807) is 19.9 Å². The van der Waals surface area contributed by atoms with E-state index >= 15 is 0 Å². The maximum atomic E-state index is 7.32. The van der Waals surface area contributed by atoms with Crippen LogP contribution in [0.3, 0.4) is 0 Å². The predicted molar refractivity (Wildman–Crippen MR) is 60.1 cm³/mol. The molecule has 0 atom stereocenters. The minimum absolute atomic E-state index is 0.667. The van der Waals surface area contributed by atoms with Crippen molar-refractivity contribution >= 4 is 5.71 Å². The molecule has 13 heavy (non-hydrogen) atoms. The van der Waals surface area contributed by atoms with Gasteiger partial charge < -0.3 is 5.41 Å². The molecule has 0 fully saturated rings. The lowest BCUT2D eigenvalue weighted by molar-refractivity contribution is 1.23. The third kappa shape index (κ3) is 103. The van der Waals surface area contributed by atoms with Gasteiger partial charge >= 0.3 is 0 Å². The number of hydrogen-bond donors (Lipinski definition) is 1. The first-order valence-electron chi connectivity index (χ1n) is 4.22. The van der Waals surface area contributed by atoms with Crippen molar-refractivity contribution < 1.29 is 0 Å². The largest absolute Gasteiger partial charge is 0.310 e. The third-order valence-electron chi connectivity index (χ3n) is 1.00. The van der Waals surface area contributed by atoms with Crippen LogP contribution in [0.15, 0.2) is 11.1 Å². The van der Waals surface area contributed by atoms with E-state index in [0.29, 0.717) is 5.71 Å². The Morgan fingerprint density at radius 3 is 1.00 bits per heavy atom. The van der Waals surface area contributed by atoms with Crippen molar-refractivity contribution in [2.45, 2.75) is 48.5 Å². The molecule has 0 heterocycles. The topological polar surface area (TPSA) is 47.6 Å². The van der Waals surface area contributed by atoms with E-state index in [2.05, 4.69) is 27.7 Å². The number of nitrogens with zero attached hydrogens (tertiary/aromatic N) is 1. The van der Waals surface area contributed by atoms with Gasteiger partial charge in [0, 0.05) is 12.6 Å². The molecular formula is C11H22N2. The quantitative estimate of drug-likeness (QED) is 0.447. The maximum absolute atomic E-state index is 7.32. The van der Waals surface area contributed by atoms with E-state index in [0.717, 1.165) is 0 Å². The zero-order chi connectivity index (χ0) is 11.4. The van der Waals surface area contributed by atoms with Gasteiger partial charge in [0.2, 0.25) is 0 Å². The molecule has 0 bridgehead atoms. The van der Waals surface area contributed by atoms with Gasteiger partial charge in [0.05, 0.1) is 6.07 Å². The average Bonchev–Trinajstić information content (AvgIpc) is 1.87. The summed E-state index contributed by atoms with van der Waals surface area (Å²) < 4.78 is 0. The second-order valence-corrected chi connectivity index (χ2v) is 3.22. The van der Waals surface area contributed by atoms with E-state index in [1.165, 1.54) is 18.1 Å². The van der Waals surface area contributed by atoms with Crippen molar-refractivity contribution in [3.63, 3.8) is 0 Å². The van der Waals surface area contributed by atoms with Gasteiger partial charge in [-0.15, -0.1) is 0 Å². The summed E-state index contributed by atoms with van der Waals surface area (Å²) in [5.74, 6) is 0. The van der Waals surface area contributed by atoms with Gasteiger partial charge in [-0.3, -0.25) is 0 Å². The summed E-state index contributed by atoms with van der Waals surface area (Å²) in [6.07, 6.45) is 0. The molecule has 0 aromatic heterocycles. The van der Waals surface area contributed by atoms with Gasteiger partial charge in [-0.1, -0.05) is 11.1 Å². The molecule has 0 rings (SSSR count). The zero-order valence-electron chi connectivity index (χ0n) is 9.95. The predicted octanol–water partition coefficient (Wildman–Crippen LogP) is 3.94. The summed E-state index contributed by atoms with van der Waals surface area (Å²) in [4.78, 5) is 0. The standard InChI is InChI=1S/C6H12.C3H7N.C2H3N/c1-5(2)6(3)4;1-3(2)4;1-2-3/h1-4H3;4H,1-2H3;1H3. The molecule has 0 radical (unpaired) electrons. The Morgan fingerprint density at radius 2 is 1.00 bits per heavy atom. The van der Waals surface area contributed by atoms with E-state index in [4.69, 9.17) is 10.7 Å². The highest BCUT2D eigenvalue weighted by atomic mass is 14.3. The summed E-state index contributed by atoms with van der Waals surface area (Å²) in [5, 5.41) is 13.8. The highest BCUT2D eigenvalue weighted by Gasteiger charge is 1.75. The fraction of sp³-hybridized carbons (Fsp3) is 0.636. The van der Waals surface area contributed by atoms with Crippen molar-refractivity contribution in [1.29, 1.82) is 10.7 Å². The molecule has 0 saturated carbocycles. The smallest absolute Gasteiger partial charge is 0.0587 e. The molecule has 0 saturated heterocycles. The van der Waals surface area contributed by atoms with Crippen LogP contribution in [-0.2, 0) is 0 Å². The summed E-state index contributed by atoms with van der Waals surface area (Å²) in [6, 6.07) is 1.75. The average molecular weight is 182 g/mol. The number of rotatable bonds is 0. The first kappa shape index (κ1) is 17.8. The second-order valence-electron chi connectivity index (χ2n) is 3.22. The van der Waals surface area contributed by atoms with Crippen LogP contribution in [0, 0.1) is 16.7 Å². The summed E-state index contributed by atoms with van der Waals surface area (Å²) in [7, 11) is 0. The molecule has 0 aromatic rings. The van der Waals surface area contributed by atoms with Crippen LogP contribution in [0.2, 0.25) is 0 Å². The summed E-state index contributed by atoms with van der Waals surface area (Å²) in [5.41, 5.74) is 3.52. The molecule has 76 valence electrons. The summed E-state index contributed by atoms with van der Waals surface area (Å²) >= 11 is 0. The van der Waals surface area contributed by atoms with E-state index in [-0.39, 0.29) is 0 Å². The molecule has 0 aliphatic carbocycles. The Labute approximate surface area is 82.8 Å². The van der Waals surface area contributed by atoms with Gasteiger partial charge in [-0.25, -0.2) is 0 Å².